The summed E-state index contributed by atoms with van der Waals surface area (Å²) in [5, 5.41) is 9.78. The fourth-order valence-electron chi connectivity index (χ4n) is 1.77. The van der Waals surface area contributed by atoms with Crippen molar-refractivity contribution in [2.45, 2.75) is 51.3 Å². The van der Waals surface area contributed by atoms with Gasteiger partial charge in [0.05, 0.1) is 6.10 Å². The lowest BCUT2D eigenvalue weighted by Crippen LogP contribution is -2.08. The third kappa shape index (κ3) is 5.08. The number of benzene rings is 1. The summed E-state index contributed by atoms with van der Waals surface area (Å²) in [6, 6.07) is 7.39. The van der Waals surface area contributed by atoms with Crippen molar-refractivity contribution in [3.05, 3.63) is 35.4 Å². The molecule has 18 heavy (non-hydrogen) atoms. The van der Waals surface area contributed by atoms with Crippen molar-refractivity contribution in [3.8, 4) is 0 Å². The predicted octanol–water partition coefficient (Wildman–Crippen LogP) is 4.58. The highest BCUT2D eigenvalue weighted by Gasteiger charge is 2.26. The van der Waals surface area contributed by atoms with Gasteiger partial charge in [-0.15, -0.1) is 0 Å². The molecule has 1 N–H and O–H groups in total. The Balaban J connectivity index is 2.49. The number of aliphatic hydroxyl groups is 1. The molecule has 1 atom stereocenters. The van der Waals surface area contributed by atoms with Crippen LogP contribution in [0.15, 0.2) is 24.3 Å². The molecule has 0 fully saturated rings. The molecule has 0 radical (unpaired) electrons. The molecule has 1 aromatic rings. The van der Waals surface area contributed by atoms with Crippen molar-refractivity contribution in [3.63, 3.8) is 0 Å². The molecule has 0 spiro atoms. The number of hydrogen-bond acceptors (Lipinski definition) is 1. The lowest BCUT2D eigenvalue weighted by atomic mass is 9.98. The highest BCUT2D eigenvalue weighted by Crippen LogP contribution is 2.27. The smallest absolute Gasteiger partial charge is 0.388 e. The Hall–Kier alpha value is -1.03. The average Bonchev–Trinajstić information content (AvgIpc) is 2.27. The van der Waals surface area contributed by atoms with Crippen LogP contribution in [0.5, 0.6) is 0 Å². The van der Waals surface area contributed by atoms with E-state index in [2.05, 4.69) is 13.8 Å². The van der Waals surface area contributed by atoms with E-state index < -0.39 is 18.7 Å². The quantitative estimate of drug-likeness (QED) is 0.821. The van der Waals surface area contributed by atoms with E-state index in [9.17, 15) is 18.3 Å². The van der Waals surface area contributed by atoms with E-state index in [-0.39, 0.29) is 12.8 Å². The summed E-state index contributed by atoms with van der Waals surface area (Å²) < 4.78 is 35.9. The highest BCUT2D eigenvalue weighted by atomic mass is 19.4. The maximum Gasteiger partial charge on any atom is 0.389 e. The largest absolute Gasteiger partial charge is 0.389 e. The van der Waals surface area contributed by atoms with Crippen molar-refractivity contribution in [1.82, 2.24) is 0 Å². The van der Waals surface area contributed by atoms with Gasteiger partial charge < -0.3 is 5.11 Å². The first-order chi connectivity index (χ1) is 8.29. The second kappa shape index (κ2) is 6.23. The topological polar surface area (TPSA) is 20.2 Å². The van der Waals surface area contributed by atoms with Gasteiger partial charge in [-0.05, 0) is 29.9 Å². The van der Waals surface area contributed by atoms with E-state index >= 15 is 0 Å². The Bertz CT molecular complexity index is 354. The zero-order valence-electron chi connectivity index (χ0n) is 10.7. The lowest BCUT2D eigenvalue weighted by Gasteiger charge is -2.13. The van der Waals surface area contributed by atoms with Crippen LogP contribution in [-0.2, 0) is 0 Å². The van der Waals surface area contributed by atoms with Crippen LogP contribution in [0.1, 0.15) is 56.3 Å². The van der Waals surface area contributed by atoms with Crippen LogP contribution in [-0.4, -0.2) is 11.3 Å². The van der Waals surface area contributed by atoms with Gasteiger partial charge in [-0.25, -0.2) is 0 Å². The van der Waals surface area contributed by atoms with Crippen LogP contribution < -0.4 is 0 Å². The second-order valence-corrected chi connectivity index (χ2v) is 4.84. The minimum absolute atomic E-state index is 0.0450. The first-order valence-electron chi connectivity index (χ1n) is 6.14. The van der Waals surface area contributed by atoms with E-state index in [1.807, 2.05) is 12.1 Å². The Labute approximate surface area is 106 Å². The Morgan fingerprint density at radius 2 is 1.56 bits per heavy atom. The molecule has 0 aromatic heterocycles. The molecule has 102 valence electrons. The van der Waals surface area contributed by atoms with Crippen molar-refractivity contribution in [2.24, 2.45) is 0 Å². The summed E-state index contributed by atoms with van der Waals surface area (Å²) in [4.78, 5) is 0. The average molecular weight is 260 g/mol. The van der Waals surface area contributed by atoms with E-state index in [4.69, 9.17) is 0 Å². The molecule has 1 aromatic carbocycles. The molecule has 0 heterocycles. The van der Waals surface area contributed by atoms with Gasteiger partial charge in [0.15, 0.2) is 0 Å². The molecule has 1 rings (SSSR count). The third-order valence-electron chi connectivity index (χ3n) is 2.93. The minimum atomic E-state index is -4.14. The van der Waals surface area contributed by atoms with Gasteiger partial charge in [0.1, 0.15) is 0 Å². The zero-order valence-corrected chi connectivity index (χ0v) is 10.7. The van der Waals surface area contributed by atoms with Crippen LogP contribution in [0.4, 0.5) is 13.2 Å². The SMILES string of the molecule is CC(C)c1ccc(C(O)CCCC(F)(F)F)cc1. The summed E-state index contributed by atoms with van der Waals surface area (Å²) >= 11 is 0. The zero-order chi connectivity index (χ0) is 13.8. The monoisotopic (exact) mass is 260 g/mol. The van der Waals surface area contributed by atoms with Crippen LogP contribution in [0.3, 0.4) is 0 Å². The van der Waals surface area contributed by atoms with Crippen molar-refractivity contribution < 1.29 is 18.3 Å². The normalized spacial score (nSPS) is 13.9. The summed E-state index contributed by atoms with van der Waals surface area (Å²) in [6.45, 7) is 4.13. The van der Waals surface area contributed by atoms with E-state index in [1.54, 1.807) is 12.1 Å². The molecule has 0 bridgehead atoms. The minimum Gasteiger partial charge on any atom is -0.388 e. The van der Waals surface area contributed by atoms with Gasteiger partial charge in [0.25, 0.3) is 0 Å². The van der Waals surface area contributed by atoms with Crippen LogP contribution in [0, 0.1) is 0 Å². The Morgan fingerprint density at radius 1 is 1.06 bits per heavy atom. The summed E-state index contributed by atoms with van der Waals surface area (Å²) in [5.74, 6) is 0.404. The number of alkyl halides is 3. The number of hydrogen-bond donors (Lipinski definition) is 1. The Morgan fingerprint density at radius 3 is 2.00 bits per heavy atom. The summed E-state index contributed by atoms with van der Waals surface area (Å²) in [5.41, 5.74) is 1.84. The lowest BCUT2D eigenvalue weighted by molar-refractivity contribution is -0.136. The number of rotatable bonds is 5. The molecule has 0 saturated carbocycles. The third-order valence-corrected chi connectivity index (χ3v) is 2.93. The van der Waals surface area contributed by atoms with Crippen molar-refractivity contribution in [1.29, 1.82) is 0 Å². The molecule has 0 aliphatic carbocycles. The molecule has 0 aliphatic heterocycles. The van der Waals surface area contributed by atoms with Gasteiger partial charge in [-0.3, -0.25) is 0 Å². The number of aliphatic hydroxyl groups excluding tert-OH is 1. The van der Waals surface area contributed by atoms with Crippen LogP contribution >= 0.6 is 0 Å². The summed E-state index contributed by atoms with van der Waals surface area (Å²) in [7, 11) is 0. The molecular formula is C14H19F3O. The first kappa shape index (κ1) is 15.0. The highest BCUT2D eigenvalue weighted by molar-refractivity contribution is 5.25. The number of halogens is 3. The second-order valence-electron chi connectivity index (χ2n) is 4.84. The van der Waals surface area contributed by atoms with E-state index in [0.717, 1.165) is 5.56 Å². The summed E-state index contributed by atoms with van der Waals surface area (Å²) in [6.07, 6.45) is -5.69. The van der Waals surface area contributed by atoms with Gasteiger partial charge >= 0.3 is 6.18 Å². The first-order valence-corrected chi connectivity index (χ1v) is 6.14. The van der Waals surface area contributed by atoms with Gasteiger partial charge in [-0.2, -0.15) is 13.2 Å². The maximum absolute atomic E-state index is 12.0. The van der Waals surface area contributed by atoms with E-state index in [0.29, 0.717) is 11.5 Å². The van der Waals surface area contributed by atoms with Gasteiger partial charge in [0, 0.05) is 6.42 Å². The Kier molecular flexibility index (Phi) is 5.20. The molecule has 1 nitrogen and oxygen atoms in total. The van der Waals surface area contributed by atoms with Gasteiger partial charge in [-0.1, -0.05) is 38.1 Å². The van der Waals surface area contributed by atoms with Gasteiger partial charge in [0.2, 0.25) is 0 Å². The van der Waals surface area contributed by atoms with Crippen molar-refractivity contribution >= 4 is 0 Å². The molecule has 0 amide bonds. The maximum atomic E-state index is 12.0. The fraction of sp³-hybridized carbons (Fsp3) is 0.571. The van der Waals surface area contributed by atoms with E-state index in [1.165, 1.54) is 0 Å². The molecular weight excluding hydrogens is 241 g/mol. The molecule has 1 unspecified atom stereocenters. The van der Waals surface area contributed by atoms with Crippen molar-refractivity contribution in [2.75, 3.05) is 0 Å². The van der Waals surface area contributed by atoms with Crippen LogP contribution in [0.2, 0.25) is 0 Å². The molecule has 4 heteroatoms. The molecule has 0 saturated heterocycles. The fourth-order valence-corrected chi connectivity index (χ4v) is 1.77. The predicted molar refractivity (Wildman–Crippen MR) is 65.4 cm³/mol. The standard InChI is InChI=1S/C14H19F3O/c1-10(2)11-5-7-12(8-6-11)13(18)4-3-9-14(15,16)17/h5-8,10,13,18H,3-4,9H2,1-2H3. The van der Waals surface area contributed by atoms with Crippen LogP contribution in [0.25, 0.3) is 0 Å². The molecule has 0 aliphatic rings.